The molecule has 37 heavy (non-hydrogen) atoms. The maximum Gasteiger partial charge on any atom is 0.417 e. The summed E-state index contributed by atoms with van der Waals surface area (Å²) < 4.78 is 81.0. The minimum Gasteiger partial charge on any atom is -0.493 e. The molecule has 2 N–H and O–H groups in total. The lowest BCUT2D eigenvalue weighted by Crippen LogP contribution is -2.47. The first-order valence-electron chi connectivity index (χ1n) is 11.5. The third kappa shape index (κ3) is 4.67. The summed E-state index contributed by atoms with van der Waals surface area (Å²) in [7, 11) is 1.05. The molecule has 3 amide bonds. The summed E-state index contributed by atoms with van der Waals surface area (Å²) >= 11 is 0. The number of ether oxygens (including phenoxy) is 2. The topological polar surface area (TPSA) is 92.8 Å². The summed E-state index contributed by atoms with van der Waals surface area (Å²) in [6.45, 7) is 2.94. The van der Waals surface area contributed by atoms with Crippen molar-refractivity contribution in [2.24, 2.45) is 5.92 Å². The molecule has 4 atom stereocenters. The Balaban J connectivity index is 1.70. The molecule has 0 saturated carbocycles. The van der Waals surface area contributed by atoms with Gasteiger partial charge in [0.1, 0.15) is 11.9 Å². The molecule has 0 unspecified atom stereocenters. The quantitative estimate of drug-likeness (QED) is 0.563. The smallest absolute Gasteiger partial charge is 0.417 e. The van der Waals surface area contributed by atoms with Crippen LogP contribution in [0.25, 0.3) is 0 Å². The van der Waals surface area contributed by atoms with Crippen molar-refractivity contribution in [1.82, 2.24) is 10.3 Å². The second-order valence-corrected chi connectivity index (χ2v) is 9.07. The number of hydrogen-bond acceptors (Lipinski definition) is 5. The van der Waals surface area contributed by atoms with Gasteiger partial charge < -0.3 is 20.1 Å². The Hall–Kier alpha value is -3.48. The number of benzene rings is 1. The highest BCUT2D eigenvalue weighted by Crippen LogP contribution is 2.55. The number of alkyl halides is 3. The highest BCUT2D eigenvalue weighted by molar-refractivity contribution is 5.97. The highest BCUT2D eigenvalue weighted by atomic mass is 19.4. The molecule has 1 aromatic carbocycles. The van der Waals surface area contributed by atoms with Gasteiger partial charge in [0.05, 0.1) is 7.11 Å². The van der Waals surface area contributed by atoms with Gasteiger partial charge in [0.15, 0.2) is 17.2 Å². The molecule has 2 fully saturated rings. The summed E-state index contributed by atoms with van der Waals surface area (Å²) in [5.74, 6) is -6.68. The number of carbonyl (C=O) groups excluding carboxylic acids is 2. The normalized spacial score (nSPS) is 26.1. The highest BCUT2D eigenvalue weighted by Gasteiger charge is 2.65. The van der Waals surface area contributed by atoms with Crippen LogP contribution in [0.5, 0.6) is 5.75 Å². The fourth-order valence-corrected chi connectivity index (χ4v) is 4.75. The van der Waals surface area contributed by atoms with E-state index < -0.39 is 53.0 Å². The van der Waals surface area contributed by atoms with E-state index in [1.807, 2.05) is 0 Å². The fraction of sp³-hybridized carbons (Fsp3) is 0.458. The minimum absolute atomic E-state index is 0.137. The molecule has 2 aliphatic heterocycles. The number of aromatic nitrogens is 1. The lowest BCUT2D eigenvalue weighted by Gasteiger charge is -2.32. The zero-order valence-electron chi connectivity index (χ0n) is 20.2. The van der Waals surface area contributed by atoms with Gasteiger partial charge in [-0.15, -0.1) is 0 Å². The van der Waals surface area contributed by atoms with E-state index in [-0.39, 0.29) is 23.1 Å². The summed E-state index contributed by atoms with van der Waals surface area (Å²) in [6.07, 6.45) is -4.61. The number of nitrogens with zero attached hydrogens (tertiary/aromatic N) is 2. The summed E-state index contributed by atoms with van der Waals surface area (Å²) in [5.41, 5.74) is -2.76. The van der Waals surface area contributed by atoms with Crippen LogP contribution in [0.1, 0.15) is 31.7 Å². The monoisotopic (exact) mass is 528 g/mol. The van der Waals surface area contributed by atoms with Crippen LogP contribution < -0.4 is 20.3 Å². The van der Waals surface area contributed by atoms with Gasteiger partial charge in [0.2, 0.25) is 5.82 Å². The van der Waals surface area contributed by atoms with Gasteiger partial charge in [0.25, 0.3) is 5.91 Å². The van der Waals surface area contributed by atoms with E-state index >= 15 is 0 Å². The molecule has 4 rings (SSSR count). The lowest BCUT2D eigenvalue weighted by atomic mass is 9.77. The molecule has 200 valence electrons. The van der Waals surface area contributed by atoms with Crippen molar-refractivity contribution in [3.05, 3.63) is 47.7 Å². The Labute approximate surface area is 209 Å². The van der Waals surface area contributed by atoms with Crippen LogP contribution in [0.2, 0.25) is 0 Å². The third-order valence-corrected chi connectivity index (χ3v) is 6.94. The van der Waals surface area contributed by atoms with Crippen LogP contribution in [0.15, 0.2) is 30.5 Å². The van der Waals surface area contributed by atoms with Crippen molar-refractivity contribution in [3.8, 4) is 5.75 Å². The number of rotatable bonds is 5. The van der Waals surface area contributed by atoms with Gasteiger partial charge in [-0.3, -0.25) is 9.69 Å². The van der Waals surface area contributed by atoms with Crippen LogP contribution in [-0.2, 0) is 9.53 Å². The van der Waals surface area contributed by atoms with E-state index in [1.165, 1.54) is 30.2 Å². The zero-order valence-corrected chi connectivity index (χ0v) is 20.2. The summed E-state index contributed by atoms with van der Waals surface area (Å²) in [5, 5.41) is 5.18. The Bertz CT molecular complexity index is 1210. The maximum atomic E-state index is 14.5. The Morgan fingerprint density at radius 1 is 1.30 bits per heavy atom. The molecule has 2 saturated heterocycles. The molecule has 0 spiro atoms. The largest absolute Gasteiger partial charge is 0.493 e. The van der Waals surface area contributed by atoms with Crippen LogP contribution in [0, 0.1) is 17.6 Å². The number of methoxy groups -OCH3 is 1. The summed E-state index contributed by atoms with van der Waals surface area (Å²) in [4.78, 5) is 31.0. The Kier molecular flexibility index (Phi) is 7.01. The molecule has 8 nitrogen and oxygen atoms in total. The van der Waals surface area contributed by atoms with E-state index in [9.17, 15) is 31.5 Å². The first kappa shape index (κ1) is 26.6. The molecule has 1 aromatic heterocycles. The van der Waals surface area contributed by atoms with Crippen LogP contribution >= 0.6 is 0 Å². The van der Waals surface area contributed by atoms with E-state index in [0.717, 1.165) is 26.2 Å². The number of amides is 3. The second kappa shape index (κ2) is 9.77. The van der Waals surface area contributed by atoms with Crippen molar-refractivity contribution in [2.75, 3.05) is 30.4 Å². The predicted octanol–water partition coefficient (Wildman–Crippen LogP) is 4.37. The third-order valence-electron chi connectivity index (χ3n) is 6.94. The molecule has 0 bridgehead atoms. The van der Waals surface area contributed by atoms with E-state index in [2.05, 4.69) is 15.6 Å². The number of nitrogens with one attached hydrogen (secondary N) is 2. The molecule has 0 radical (unpaired) electrons. The molecule has 2 aliphatic rings. The van der Waals surface area contributed by atoms with Crippen LogP contribution in [0.4, 0.5) is 38.3 Å². The Morgan fingerprint density at radius 2 is 2.03 bits per heavy atom. The fourth-order valence-electron chi connectivity index (χ4n) is 4.75. The van der Waals surface area contributed by atoms with Gasteiger partial charge in [-0.25, -0.2) is 14.2 Å². The van der Waals surface area contributed by atoms with Crippen molar-refractivity contribution in [2.45, 2.75) is 44.1 Å². The molecule has 2 aromatic rings. The van der Waals surface area contributed by atoms with Gasteiger partial charge in [0, 0.05) is 48.4 Å². The van der Waals surface area contributed by atoms with Crippen molar-refractivity contribution in [1.29, 1.82) is 0 Å². The number of urea groups is 1. The summed E-state index contributed by atoms with van der Waals surface area (Å²) in [6, 6.07) is 4.27. The molecule has 3 heterocycles. The van der Waals surface area contributed by atoms with E-state index in [4.69, 9.17) is 9.47 Å². The van der Waals surface area contributed by atoms with E-state index in [0.29, 0.717) is 19.5 Å². The second-order valence-electron chi connectivity index (χ2n) is 9.07. The van der Waals surface area contributed by atoms with Crippen LogP contribution in [0.3, 0.4) is 0 Å². The van der Waals surface area contributed by atoms with Gasteiger partial charge in [-0.1, -0.05) is 13.0 Å². The van der Waals surface area contributed by atoms with Crippen molar-refractivity contribution < 1.29 is 41.0 Å². The molecular weight excluding hydrogens is 503 g/mol. The number of anilines is 2. The Morgan fingerprint density at radius 3 is 2.68 bits per heavy atom. The predicted molar refractivity (Wildman–Crippen MR) is 122 cm³/mol. The van der Waals surface area contributed by atoms with Gasteiger partial charge in [-0.2, -0.15) is 17.6 Å². The average Bonchev–Trinajstić information content (AvgIpc) is 3.13. The van der Waals surface area contributed by atoms with E-state index in [1.54, 1.807) is 0 Å². The standard InChI is InChI=1S/C24H25F5N4O4/c1-12-17(14-5-6-15(25)18(26)19(14)36-3)20(37-23(12,2)24(27,28)29)21(34)32-13-7-9-30-16(11-13)33-10-4-8-31-22(33)35/h5-7,9,11-12,17,20H,4,8,10H2,1-3H3,(H,31,35)(H,30,32,34)/t12-,17-,20+,23+/m0/s1. The maximum absolute atomic E-state index is 14.5. The zero-order chi connectivity index (χ0) is 27.1. The molecular formula is C24H25F5N4O4. The minimum atomic E-state index is -4.88. The number of hydrogen-bond donors (Lipinski definition) is 2. The van der Waals surface area contributed by atoms with Crippen molar-refractivity contribution in [3.63, 3.8) is 0 Å². The number of carbonyl (C=O) groups is 2. The van der Waals surface area contributed by atoms with Gasteiger partial charge >= 0.3 is 12.2 Å². The number of halogens is 5. The first-order valence-corrected chi connectivity index (χ1v) is 11.5. The molecule has 0 aliphatic carbocycles. The number of pyridine rings is 1. The molecule has 13 heteroatoms. The van der Waals surface area contributed by atoms with Crippen molar-refractivity contribution >= 4 is 23.4 Å². The first-order chi connectivity index (χ1) is 17.4. The van der Waals surface area contributed by atoms with Gasteiger partial charge in [-0.05, 0) is 25.5 Å². The average molecular weight is 528 g/mol. The van der Waals surface area contributed by atoms with Crippen LogP contribution in [-0.4, -0.2) is 55.0 Å². The lowest BCUT2D eigenvalue weighted by molar-refractivity contribution is -0.272. The SMILES string of the molecule is COc1c([C@H]2[C@H](C(=O)Nc3ccnc(N4CCCNC4=O)c3)O[C@@](C)(C(F)(F)F)[C@H]2C)ccc(F)c1F.